The molecule has 3 fully saturated rings. The average molecular weight is 252 g/mol. The molecule has 2 unspecified atom stereocenters. The van der Waals surface area contributed by atoms with Crippen molar-refractivity contribution in [2.24, 2.45) is 0 Å². The van der Waals surface area contributed by atoms with E-state index in [9.17, 15) is 0 Å². The molecule has 0 aromatic rings. The van der Waals surface area contributed by atoms with Gasteiger partial charge < -0.3 is 10.1 Å². The van der Waals surface area contributed by atoms with Gasteiger partial charge in [-0.05, 0) is 45.6 Å². The van der Waals surface area contributed by atoms with E-state index in [1.54, 1.807) is 0 Å². The minimum absolute atomic E-state index is 0.434. The maximum atomic E-state index is 5.83. The molecule has 2 heterocycles. The van der Waals surface area contributed by atoms with Crippen LogP contribution in [0.4, 0.5) is 0 Å². The van der Waals surface area contributed by atoms with Crippen molar-refractivity contribution in [2.45, 2.75) is 69.6 Å². The second-order valence-corrected chi connectivity index (χ2v) is 6.62. The molecular formula is C15H28N2O. The van der Waals surface area contributed by atoms with Crippen LogP contribution in [0.15, 0.2) is 0 Å². The molecule has 3 rings (SSSR count). The number of nitrogens with one attached hydrogen (secondary N) is 1. The summed E-state index contributed by atoms with van der Waals surface area (Å²) in [5, 5.41) is 3.86. The van der Waals surface area contributed by atoms with E-state index < -0.39 is 0 Å². The zero-order valence-electron chi connectivity index (χ0n) is 11.8. The van der Waals surface area contributed by atoms with Crippen molar-refractivity contribution in [1.82, 2.24) is 10.2 Å². The Morgan fingerprint density at radius 1 is 1.22 bits per heavy atom. The van der Waals surface area contributed by atoms with Gasteiger partial charge in [0.2, 0.25) is 0 Å². The molecule has 2 aliphatic heterocycles. The monoisotopic (exact) mass is 252 g/mol. The molecule has 3 heteroatoms. The first-order valence-corrected chi connectivity index (χ1v) is 7.88. The van der Waals surface area contributed by atoms with Crippen molar-refractivity contribution in [3.8, 4) is 0 Å². The van der Waals surface area contributed by atoms with Crippen molar-refractivity contribution in [3.05, 3.63) is 0 Å². The van der Waals surface area contributed by atoms with Gasteiger partial charge in [-0.15, -0.1) is 0 Å². The van der Waals surface area contributed by atoms with Gasteiger partial charge in [0, 0.05) is 31.3 Å². The molecule has 2 saturated heterocycles. The normalized spacial score (nSPS) is 37.2. The van der Waals surface area contributed by atoms with E-state index in [1.807, 2.05) is 0 Å². The quantitative estimate of drug-likeness (QED) is 0.815. The lowest BCUT2D eigenvalue weighted by Crippen LogP contribution is -2.51. The number of hydrogen-bond acceptors (Lipinski definition) is 3. The highest BCUT2D eigenvalue weighted by Crippen LogP contribution is 2.33. The molecule has 2 atom stereocenters. The molecule has 1 spiro atoms. The first-order valence-electron chi connectivity index (χ1n) is 7.88. The Morgan fingerprint density at radius 3 is 2.78 bits per heavy atom. The highest BCUT2D eigenvalue weighted by Gasteiger charge is 2.38. The average Bonchev–Trinajstić information content (AvgIpc) is 2.97. The molecule has 18 heavy (non-hydrogen) atoms. The van der Waals surface area contributed by atoms with Crippen LogP contribution in [0.5, 0.6) is 0 Å². The van der Waals surface area contributed by atoms with Gasteiger partial charge in [0.05, 0.1) is 6.10 Å². The lowest BCUT2D eigenvalue weighted by atomic mass is 9.97. The lowest BCUT2D eigenvalue weighted by molar-refractivity contribution is 0.0522. The van der Waals surface area contributed by atoms with E-state index in [0.717, 1.165) is 13.2 Å². The zero-order valence-corrected chi connectivity index (χ0v) is 11.8. The first kappa shape index (κ1) is 12.9. The van der Waals surface area contributed by atoms with Gasteiger partial charge in [-0.1, -0.05) is 12.8 Å². The fraction of sp³-hybridized carbons (Fsp3) is 1.00. The fourth-order valence-electron chi connectivity index (χ4n) is 4.01. The highest BCUT2D eigenvalue weighted by atomic mass is 16.5. The Morgan fingerprint density at radius 2 is 2.06 bits per heavy atom. The van der Waals surface area contributed by atoms with E-state index >= 15 is 0 Å². The molecule has 0 radical (unpaired) electrons. The largest absolute Gasteiger partial charge is 0.377 e. The molecule has 0 bridgehead atoms. The van der Waals surface area contributed by atoms with E-state index in [-0.39, 0.29) is 0 Å². The Bertz CT molecular complexity index is 270. The summed E-state index contributed by atoms with van der Waals surface area (Å²) in [6, 6.07) is 0.710. The minimum atomic E-state index is 0.434. The molecule has 0 aromatic carbocycles. The van der Waals surface area contributed by atoms with E-state index in [4.69, 9.17) is 4.74 Å². The van der Waals surface area contributed by atoms with Crippen molar-refractivity contribution in [2.75, 3.05) is 26.2 Å². The molecule has 3 nitrogen and oxygen atoms in total. The molecule has 0 amide bonds. The van der Waals surface area contributed by atoms with Crippen LogP contribution in [0.3, 0.4) is 0 Å². The van der Waals surface area contributed by atoms with E-state index in [1.165, 1.54) is 58.0 Å². The van der Waals surface area contributed by atoms with Crippen LogP contribution in [-0.4, -0.2) is 48.8 Å². The third-order valence-electron chi connectivity index (χ3n) is 5.21. The van der Waals surface area contributed by atoms with Gasteiger partial charge in [0.15, 0.2) is 0 Å². The van der Waals surface area contributed by atoms with Crippen LogP contribution in [-0.2, 0) is 4.74 Å². The predicted octanol–water partition coefficient (Wildman–Crippen LogP) is 2.16. The molecule has 3 aliphatic rings. The highest BCUT2D eigenvalue weighted by molar-refractivity contribution is 4.98. The summed E-state index contributed by atoms with van der Waals surface area (Å²) in [5.74, 6) is 0. The second kappa shape index (κ2) is 5.48. The summed E-state index contributed by atoms with van der Waals surface area (Å²) in [6.45, 7) is 6.97. The number of rotatable bonds is 2. The molecule has 1 N–H and O–H groups in total. The summed E-state index contributed by atoms with van der Waals surface area (Å²) < 4.78 is 5.83. The Labute approximate surface area is 111 Å². The maximum absolute atomic E-state index is 5.83. The van der Waals surface area contributed by atoms with Crippen LogP contribution < -0.4 is 5.32 Å². The van der Waals surface area contributed by atoms with Gasteiger partial charge in [-0.3, -0.25) is 4.90 Å². The van der Waals surface area contributed by atoms with Gasteiger partial charge in [-0.2, -0.15) is 0 Å². The van der Waals surface area contributed by atoms with Crippen molar-refractivity contribution < 1.29 is 4.74 Å². The second-order valence-electron chi connectivity index (χ2n) is 6.62. The van der Waals surface area contributed by atoms with E-state index in [0.29, 0.717) is 17.7 Å². The van der Waals surface area contributed by atoms with Crippen LogP contribution >= 0.6 is 0 Å². The standard InChI is InChI=1S/C15H28N2O/c1-13-6-9-16-15(7-2-3-8-15)12-17(13)11-14-5-4-10-18-14/h13-14,16H,2-12H2,1H3. The first-order chi connectivity index (χ1) is 8.77. The Balaban J connectivity index is 1.65. The van der Waals surface area contributed by atoms with Gasteiger partial charge in [-0.25, -0.2) is 0 Å². The molecular weight excluding hydrogens is 224 g/mol. The summed E-state index contributed by atoms with van der Waals surface area (Å²) >= 11 is 0. The molecule has 1 aliphatic carbocycles. The Kier molecular flexibility index (Phi) is 3.92. The molecule has 1 saturated carbocycles. The summed E-state index contributed by atoms with van der Waals surface area (Å²) in [4.78, 5) is 2.71. The topological polar surface area (TPSA) is 24.5 Å². The third-order valence-corrected chi connectivity index (χ3v) is 5.21. The van der Waals surface area contributed by atoms with Gasteiger partial charge >= 0.3 is 0 Å². The lowest BCUT2D eigenvalue weighted by Gasteiger charge is -2.36. The SMILES string of the molecule is CC1CCNC2(CCCC2)CN1CC1CCCO1. The van der Waals surface area contributed by atoms with Crippen LogP contribution in [0.2, 0.25) is 0 Å². The summed E-state index contributed by atoms with van der Waals surface area (Å²) in [7, 11) is 0. The van der Waals surface area contributed by atoms with Gasteiger partial charge in [0.25, 0.3) is 0 Å². The number of hydrogen-bond donors (Lipinski definition) is 1. The Hall–Kier alpha value is -0.120. The van der Waals surface area contributed by atoms with Crippen molar-refractivity contribution in [3.63, 3.8) is 0 Å². The molecule has 0 aromatic heterocycles. The smallest absolute Gasteiger partial charge is 0.0702 e. The van der Waals surface area contributed by atoms with Crippen LogP contribution in [0.1, 0.15) is 51.9 Å². The van der Waals surface area contributed by atoms with Crippen molar-refractivity contribution >= 4 is 0 Å². The van der Waals surface area contributed by atoms with Crippen LogP contribution in [0.25, 0.3) is 0 Å². The molecule has 104 valence electrons. The van der Waals surface area contributed by atoms with E-state index in [2.05, 4.69) is 17.1 Å². The third kappa shape index (κ3) is 2.73. The minimum Gasteiger partial charge on any atom is -0.377 e. The van der Waals surface area contributed by atoms with Crippen molar-refractivity contribution in [1.29, 1.82) is 0 Å². The zero-order chi connectivity index (χ0) is 12.4. The fourth-order valence-corrected chi connectivity index (χ4v) is 4.01. The number of nitrogens with zero attached hydrogens (tertiary/aromatic N) is 1. The van der Waals surface area contributed by atoms with Crippen LogP contribution in [0, 0.1) is 0 Å². The maximum Gasteiger partial charge on any atom is 0.0702 e. The predicted molar refractivity (Wildman–Crippen MR) is 73.8 cm³/mol. The summed E-state index contributed by atoms with van der Waals surface area (Å²) in [6.07, 6.45) is 9.89. The summed E-state index contributed by atoms with van der Waals surface area (Å²) in [5.41, 5.74) is 0.434. The number of ether oxygens (including phenoxy) is 1. The van der Waals surface area contributed by atoms with Gasteiger partial charge in [0.1, 0.15) is 0 Å².